The highest BCUT2D eigenvalue weighted by Crippen LogP contribution is 2.26. The first-order chi connectivity index (χ1) is 13.9. The Kier molecular flexibility index (Phi) is 11.6. The Morgan fingerprint density at radius 3 is 1.43 bits per heavy atom. The average molecular weight is 441 g/mol. The van der Waals surface area contributed by atoms with Gasteiger partial charge in [0.05, 0.1) is 18.8 Å². The molecular weight excluding hydrogens is 400 g/mol. The third kappa shape index (κ3) is 7.33. The van der Waals surface area contributed by atoms with E-state index in [1.54, 1.807) is 0 Å². The van der Waals surface area contributed by atoms with Crippen LogP contribution in [0.2, 0.25) is 0 Å². The minimum atomic E-state index is -1.25. The van der Waals surface area contributed by atoms with Crippen LogP contribution in [0.25, 0.3) is 0 Å². The van der Waals surface area contributed by atoms with Gasteiger partial charge in [-0.3, -0.25) is 0 Å². The highest BCUT2D eigenvalue weighted by molar-refractivity contribution is 4.92. The molecule has 180 valence electrons. The van der Waals surface area contributed by atoms with Crippen LogP contribution in [0.4, 0.5) is 0 Å². The summed E-state index contributed by atoms with van der Waals surface area (Å²) in [5.41, 5.74) is 0. The standard InChI is InChI=1S/2C10H20O5/c1-5(2)4-6-7(11)8(12)9(13)10(14-3)15-6;1-5(2)3-6-8(12)10(14)9(13)7(4-11)15-6/h5-13H,4H2,1-3H3;5-14H,3-4H2,1-2H3. The summed E-state index contributed by atoms with van der Waals surface area (Å²) in [4.78, 5) is 0. The summed E-state index contributed by atoms with van der Waals surface area (Å²) in [7, 11) is 1.39. The first-order valence-corrected chi connectivity index (χ1v) is 10.5. The van der Waals surface area contributed by atoms with Crippen LogP contribution in [0.1, 0.15) is 40.5 Å². The molecule has 0 aromatic heterocycles. The minimum absolute atomic E-state index is 0.312. The summed E-state index contributed by atoms with van der Waals surface area (Å²) in [5, 5.41) is 66.3. The molecular formula is C20H40O10. The van der Waals surface area contributed by atoms with E-state index in [4.69, 9.17) is 19.3 Å². The van der Waals surface area contributed by atoms with Crippen LogP contribution in [0.5, 0.6) is 0 Å². The van der Waals surface area contributed by atoms with Crippen molar-refractivity contribution in [2.75, 3.05) is 13.7 Å². The number of hydrogen-bond donors (Lipinski definition) is 7. The Labute approximate surface area is 178 Å². The molecule has 0 radical (unpaired) electrons. The molecule has 30 heavy (non-hydrogen) atoms. The topological polar surface area (TPSA) is 169 Å². The predicted octanol–water partition coefficient (Wildman–Crippen LogP) is -1.64. The van der Waals surface area contributed by atoms with Crippen molar-refractivity contribution < 1.29 is 50.0 Å². The van der Waals surface area contributed by atoms with Crippen LogP contribution >= 0.6 is 0 Å². The van der Waals surface area contributed by atoms with Crippen LogP contribution in [0, 0.1) is 11.8 Å². The van der Waals surface area contributed by atoms with Gasteiger partial charge in [0.25, 0.3) is 0 Å². The Morgan fingerprint density at radius 2 is 1.03 bits per heavy atom. The number of aliphatic hydroxyl groups is 7. The third-order valence-corrected chi connectivity index (χ3v) is 5.30. The van der Waals surface area contributed by atoms with Gasteiger partial charge in [-0.2, -0.15) is 0 Å². The van der Waals surface area contributed by atoms with E-state index in [9.17, 15) is 30.6 Å². The SMILES string of the molecule is CC(C)CC1OC(CO)C(O)C(O)C1O.COC1OC(CC(C)C)C(O)C(O)C1O. The van der Waals surface area contributed by atoms with Gasteiger partial charge in [-0.15, -0.1) is 0 Å². The van der Waals surface area contributed by atoms with Crippen molar-refractivity contribution in [3.63, 3.8) is 0 Å². The lowest BCUT2D eigenvalue weighted by Gasteiger charge is -2.40. The normalized spacial score (nSPS) is 42.2. The van der Waals surface area contributed by atoms with E-state index in [-0.39, 0.29) is 6.61 Å². The molecule has 2 saturated heterocycles. The molecule has 10 heteroatoms. The molecule has 10 unspecified atom stereocenters. The highest BCUT2D eigenvalue weighted by atomic mass is 16.7. The molecule has 0 amide bonds. The fraction of sp³-hybridized carbons (Fsp3) is 1.00. The predicted molar refractivity (Wildman–Crippen MR) is 106 cm³/mol. The monoisotopic (exact) mass is 440 g/mol. The smallest absolute Gasteiger partial charge is 0.186 e. The van der Waals surface area contributed by atoms with Gasteiger partial charge in [-0.25, -0.2) is 0 Å². The molecule has 2 fully saturated rings. The highest BCUT2D eigenvalue weighted by Gasteiger charge is 2.44. The lowest BCUT2D eigenvalue weighted by atomic mass is 9.91. The van der Waals surface area contributed by atoms with Crippen LogP contribution in [0.15, 0.2) is 0 Å². The molecule has 7 N–H and O–H groups in total. The number of methoxy groups -OCH3 is 1. The van der Waals surface area contributed by atoms with Crippen molar-refractivity contribution in [1.82, 2.24) is 0 Å². The van der Waals surface area contributed by atoms with E-state index in [1.807, 2.05) is 27.7 Å². The van der Waals surface area contributed by atoms with Gasteiger partial charge in [0.15, 0.2) is 6.29 Å². The number of aliphatic hydroxyl groups excluding tert-OH is 7. The van der Waals surface area contributed by atoms with Crippen molar-refractivity contribution in [3.05, 3.63) is 0 Å². The molecule has 0 aliphatic carbocycles. The van der Waals surface area contributed by atoms with Gasteiger partial charge < -0.3 is 50.0 Å². The summed E-state index contributed by atoms with van der Waals surface area (Å²) in [6.07, 6.45) is -8.55. The molecule has 0 saturated carbocycles. The molecule has 0 aromatic carbocycles. The number of rotatable bonds is 6. The summed E-state index contributed by atoms with van der Waals surface area (Å²) >= 11 is 0. The Morgan fingerprint density at radius 1 is 0.633 bits per heavy atom. The van der Waals surface area contributed by atoms with Crippen LogP contribution < -0.4 is 0 Å². The summed E-state index contributed by atoms with van der Waals surface area (Å²) in [5.74, 6) is 0.649. The lowest BCUT2D eigenvalue weighted by Crippen LogP contribution is -2.58. The molecule has 2 aliphatic rings. The average Bonchev–Trinajstić information content (AvgIpc) is 2.68. The summed E-state index contributed by atoms with van der Waals surface area (Å²) in [6.45, 7) is 7.58. The van der Waals surface area contributed by atoms with Crippen molar-refractivity contribution in [3.8, 4) is 0 Å². The van der Waals surface area contributed by atoms with Crippen molar-refractivity contribution >= 4 is 0 Å². The molecule has 0 spiro atoms. The second-order valence-corrected chi connectivity index (χ2v) is 8.88. The van der Waals surface area contributed by atoms with Crippen LogP contribution in [-0.4, -0.2) is 111 Å². The molecule has 2 aliphatic heterocycles. The van der Waals surface area contributed by atoms with Crippen LogP contribution in [0.3, 0.4) is 0 Å². The van der Waals surface area contributed by atoms with E-state index in [2.05, 4.69) is 0 Å². The van der Waals surface area contributed by atoms with Crippen molar-refractivity contribution in [1.29, 1.82) is 0 Å². The molecule has 10 atom stereocenters. The Bertz CT molecular complexity index is 431. The lowest BCUT2D eigenvalue weighted by molar-refractivity contribution is -0.291. The zero-order valence-corrected chi connectivity index (χ0v) is 18.4. The second kappa shape index (κ2) is 12.6. The Hall–Kier alpha value is -0.400. The van der Waals surface area contributed by atoms with Gasteiger partial charge in [0.2, 0.25) is 0 Å². The zero-order valence-electron chi connectivity index (χ0n) is 18.4. The van der Waals surface area contributed by atoms with E-state index < -0.39 is 61.2 Å². The van der Waals surface area contributed by atoms with Gasteiger partial charge >= 0.3 is 0 Å². The minimum Gasteiger partial charge on any atom is -0.394 e. The fourth-order valence-corrected chi connectivity index (χ4v) is 3.61. The largest absolute Gasteiger partial charge is 0.394 e. The summed E-state index contributed by atoms with van der Waals surface area (Å²) in [6, 6.07) is 0. The molecule has 2 heterocycles. The molecule has 10 nitrogen and oxygen atoms in total. The molecule has 0 bridgehead atoms. The number of ether oxygens (including phenoxy) is 3. The summed E-state index contributed by atoms with van der Waals surface area (Å²) < 4.78 is 15.6. The fourth-order valence-electron chi connectivity index (χ4n) is 3.61. The maximum Gasteiger partial charge on any atom is 0.186 e. The first kappa shape index (κ1) is 27.6. The zero-order chi connectivity index (χ0) is 23.2. The molecule has 2 rings (SSSR count). The van der Waals surface area contributed by atoms with Gasteiger partial charge in [-0.1, -0.05) is 27.7 Å². The Balaban J connectivity index is 0.000000300. The van der Waals surface area contributed by atoms with Crippen molar-refractivity contribution in [2.45, 2.75) is 102 Å². The van der Waals surface area contributed by atoms with Gasteiger partial charge in [-0.05, 0) is 24.7 Å². The maximum atomic E-state index is 9.68. The second-order valence-electron chi connectivity index (χ2n) is 8.88. The van der Waals surface area contributed by atoms with Gasteiger partial charge in [0.1, 0.15) is 42.7 Å². The van der Waals surface area contributed by atoms with E-state index >= 15 is 0 Å². The van der Waals surface area contributed by atoms with Crippen LogP contribution in [-0.2, 0) is 14.2 Å². The first-order valence-electron chi connectivity index (χ1n) is 10.5. The number of hydrogen-bond acceptors (Lipinski definition) is 10. The quantitative estimate of drug-likeness (QED) is 0.254. The van der Waals surface area contributed by atoms with E-state index in [1.165, 1.54) is 7.11 Å². The maximum absolute atomic E-state index is 9.68. The van der Waals surface area contributed by atoms with E-state index in [0.717, 1.165) is 0 Å². The van der Waals surface area contributed by atoms with Gasteiger partial charge in [0, 0.05) is 7.11 Å². The van der Waals surface area contributed by atoms with Crippen molar-refractivity contribution in [2.24, 2.45) is 11.8 Å². The van der Waals surface area contributed by atoms with E-state index in [0.29, 0.717) is 24.7 Å². The third-order valence-electron chi connectivity index (χ3n) is 5.30. The molecule has 0 aromatic rings.